The maximum absolute atomic E-state index is 13.4. The average molecular weight is 526 g/mol. The van der Waals surface area contributed by atoms with Crippen molar-refractivity contribution in [3.05, 3.63) is 60.6 Å². The molecule has 1 aromatic carbocycles. The fourth-order valence-corrected chi connectivity index (χ4v) is 4.57. The fourth-order valence-electron chi connectivity index (χ4n) is 2.91. The Labute approximate surface area is 180 Å². The first kappa shape index (κ1) is 19.3. The Balaban J connectivity index is 1.91. The minimum Gasteiger partial charge on any atom is -0.464 e. The zero-order chi connectivity index (χ0) is 19.7. The number of carbonyl (C=O) groups is 1. The van der Waals surface area contributed by atoms with E-state index in [4.69, 9.17) is 4.74 Å². The molecule has 0 aliphatic heterocycles. The highest BCUT2D eigenvalue weighted by molar-refractivity contribution is 14.2. The van der Waals surface area contributed by atoms with Crippen molar-refractivity contribution >= 4 is 59.7 Å². The number of nitrogens with zero attached hydrogens (tertiary/aromatic N) is 4. The summed E-state index contributed by atoms with van der Waals surface area (Å²) in [6.07, 6.45) is 3.47. The van der Waals surface area contributed by atoms with Crippen LogP contribution in [-0.4, -0.2) is 31.2 Å². The Morgan fingerprint density at radius 2 is 1.96 bits per heavy atom. The molecule has 3 aromatic heterocycles. The molecule has 0 saturated heterocycles. The van der Waals surface area contributed by atoms with Crippen LogP contribution in [0, 0.1) is 0 Å². The van der Waals surface area contributed by atoms with E-state index in [0.717, 1.165) is 15.2 Å². The molecule has 0 unspecified atom stereocenters. The maximum atomic E-state index is 13.4. The van der Waals surface area contributed by atoms with Gasteiger partial charge >= 0.3 is 5.97 Å². The molecule has 0 saturated carbocycles. The lowest BCUT2D eigenvalue weighted by Gasteiger charge is -2.01. The van der Waals surface area contributed by atoms with Crippen molar-refractivity contribution in [2.75, 3.05) is 7.11 Å². The van der Waals surface area contributed by atoms with Crippen LogP contribution in [0.2, 0.25) is 0 Å². The van der Waals surface area contributed by atoms with E-state index < -0.39 is 5.97 Å². The Bertz CT molecular complexity index is 1160. The van der Waals surface area contributed by atoms with Crippen LogP contribution in [0.3, 0.4) is 0 Å². The van der Waals surface area contributed by atoms with E-state index >= 15 is 0 Å². The molecule has 0 radical (unpaired) electrons. The normalized spacial score (nSPS) is 11.1. The first-order valence-corrected chi connectivity index (χ1v) is 12.0. The highest BCUT2D eigenvalue weighted by Crippen LogP contribution is 2.35. The summed E-state index contributed by atoms with van der Waals surface area (Å²) in [5.41, 5.74) is 3.90. The van der Waals surface area contributed by atoms with Gasteiger partial charge in [-0.15, -0.1) is 3.89 Å². The van der Waals surface area contributed by atoms with E-state index in [-0.39, 0.29) is 12.3 Å². The summed E-state index contributed by atoms with van der Waals surface area (Å²) in [5, 5.41) is 5.04. The molecule has 0 fully saturated rings. The van der Waals surface area contributed by atoms with Crippen LogP contribution < -0.4 is 0 Å². The number of esters is 1. The zero-order valence-electron chi connectivity index (χ0n) is 14.4. The molecule has 10 heteroatoms. The molecule has 142 valence electrons. The summed E-state index contributed by atoms with van der Waals surface area (Å²) >= 11 is 2.06. The van der Waals surface area contributed by atoms with Crippen LogP contribution in [0.15, 0.2) is 54.9 Å². The van der Waals surface area contributed by atoms with Gasteiger partial charge in [0.15, 0.2) is 18.0 Å². The van der Waals surface area contributed by atoms with Gasteiger partial charge in [-0.25, -0.2) is 9.78 Å². The third kappa shape index (κ3) is 3.40. The second-order valence-corrected chi connectivity index (χ2v) is 7.95. The van der Waals surface area contributed by atoms with Gasteiger partial charge in [-0.3, -0.25) is 3.97 Å². The lowest BCUT2D eigenvalue weighted by Crippen LogP contribution is -2.04. The Kier molecular flexibility index (Phi) is 5.60. The number of benzene rings is 1. The summed E-state index contributed by atoms with van der Waals surface area (Å²) < 4.78 is 21.1. The quantitative estimate of drug-likeness (QED) is 0.250. The average Bonchev–Trinajstić information content (AvgIpc) is 3.34. The number of halogens is 2. The van der Waals surface area contributed by atoms with Gasteiger partial charge in [0, 0.05) is 59.2 Å². The highest BCUT2D eigenvalue weighted by Gasteiger charge is 2.21. The molecular formula is C18H12FIN4O2S2. The Morgan fingerprint density at radius 1 is 1.18 bits per heavy atom. The summed E-state index contributed by atoms with van der Waals surface area (Å²) in [6.45, 7) is 0. The number of pyridine rings is 1. The van der Waals surface area contributed by atoms with Gasteiger partial charge in [0.05, 0.1) is 7.11 Å². The molecule has 0 aliphatic rings. The Morgan fingerprint density at radius 3 is 2.64 bits per heavy atom. The van der Waals surface area contributed by atoms with Gasteiger partial charge in [-0.2, -0.15) is 9.19 Å². The van der Waals surface area contributed by atoms with Crippen LogP contribution in [0.25, 0.3) is 33.4 Å². The first-order chi connectivity index (χ1) is 13.7. The minimum absolute atomic E-state index is 0.0190. The van der Waals surface area contributed by atoms with Crippen LogP contribution in [-0.2, 0) is 4.74 Å². The van der Waals surface area contributed by atoms with E-state index in [1.54, 1.807) is 22.4 Å². The topological polar surface area (TPSA) is 61.9 Å². The molecule has 4 aromatic rings. The highest BCUT2D eigenvalue weighted by atomic mass is 127. The summed E-state index contributed by atoms with van der Waals surface area (Å²) in [4.78, 5) is 16.4. The van der Waals surface area contributed by atoms with Gasteiger partial charge in [-0.1, -0.05) is 30.3 Å². The van der Waals surface area contributed by atoms with Gasteiger partial charge in [-0.05, 0) is 17.7 Å². The lowest BCUT2D eigenvalue weighted by molar-refractivity contribution is 0.0593. The van der Waals surface area contributed by atoms with Gasteiger partial charge in [0.2, 0.25) is 0 Å². The number of methoxy groups -OCH3 is 1. The molecule has 0 spiro atoms. The second kappa shape index (κ2) is 8.13. The van der Waals surface area contributed by atoms with Crippen molar-refractivity contribution in [2.24, 2.45) is 0 Å². The van der Waals surface area contributed by atoms with Gasteiger partial charge in [0.25, 0.3) is 0 Å². The minimum atomic E-state index is -0.456. The number of ether oxygens (including phenoxy) is 1. The second-order valence-electron chi connectivity index (χ2n) is 5.75. The SMILES string of the molecule is COC(=O)c1cc(-c2nn(SF)c3ncc(-c4ccccc4)cc23)cn1SI. The van der Waals surface area contributed by atoms with Crippen molar-refractivity contribution in [3.8, 4) is 22.4 Å². The van der Waals surface area contributed by atoms with E-state index in [9.17, 15) is 8.68 Å². The molecule has 28 heavy (non-hydrogen) atoms. The van der Waals surface area contributed by atoms with Crippen molar-refractivity contribution in [3.63, 3.8) is 0 Å². The van der Waals surface area contributed by atoms with Crippen molar-refractivity contribution in [2.45, 2.75) is 0 Å². The third-order valence-corrected chi connectivity index (χ3v) is 6.30. The summed E-state index contributed by atoms with van der Waals surface area (Å²) in [7, 11) is 2.66. The van der Waals surface area contributed by atoms with Crippen molar-refractivity contribution in [1.82, 2.24) is 18.1 Å². The molecule has 0 N–H and O–H groups in total. The van der Waals surface area contributed by atoms with E-state index in [0.29, 0.717) is 28.0 Å². The zero-order valence-corrected chi connectivity index (χ0v) is 18.2. The number of aromatic nitrogens is 4. The monoisotopic (exact) mass is 526 g/mol. The third-order valence-electron chi connectivity index (χ3n) is 4.19. The first-order valence-electron chi connectivity index (χ1n) is 7.99. The molecule has 3 heterocycles. The fraction of sp³-hybridized carbons (Fsp3) is 0.0556. The molecule has 6 nitrogen and oxygen atoms in total. The largest absolute Gasteiger partial charge is 0.464 e. The van der Waals surface area contributed by atoms with Crippen LogP contribution in [0.1, 0.15) is 10.5 Å². The predicted octanol–water partition coefficient (Wildman–Crippen LogP) is 5.58. The molecule has 0 atom stereocenters. The Hall–Kier alpha value is -2.05. The van der Waals surface area contributed by atoms with Gasteiger partial charge < -0.3 is 4.74 Å². The predicted molar refractivity (Wildman–Crippen MR) is 119 cm³/mol. The molecule has 0 amide bonds. The van der Waals surface area contributed by atoms with E-state index in [1.807, 2.05) is 36.4 Å². The van der Waals surface area contributed by atoms with E-state index in [1.165, 1.54) is 16.2 Å². The smallest absolute Gasteiger partial charge is 0.355 e. The maximum Gasteiger partial charge on any atom is 0.355 e. The van der Waals surface area contributed by atoms with E-state index in [2.05, 4.69) is 31.3 Å². The van der Waals surface area contributed by atoms with Crippen LogP contribution in [0.5, 0.6) is 0 Å². The van der Waals surface area contributed by atoms with Crippen LogP contribution >= 0.6 is 42.7 Å². The molecule has 4 rings (SSSR count). The standard InChI is InChI=1S/C18H12FIN4O2S2/c1-26-18(25)15-8-13(10-23(15)28-20)16-14-7-12(11-5-3-2-4-6-11)9-21-17(14)24(22-16)27-19/h2-10H,1H3. The number of carbonyl (C=O) groups excluding carboxylic acids is 1. The number of hydrogen-bond donors (Lipinski definition) is 0. The summed E-state index contributed by atoms with van der Waals surface area (Å²) in [5.74, 6) is -0.456. The van der Waals surface area contributed by atoms with Crippen molar-refractivity contribution < 1.29 is 13.4 Å². The van der Waals surface area contributed by atoms with Gasteiger partial charge in [0.1, 0.15) is 11.4 Å². The van der Waals surface area contributed by atoms with Crippen molar-refractivity contribution in [1.29, 1.82) is 0 Å². The number of fused-ring (bicyclic) bond motifs is 1. The number of rotatable bonds is 5. The summed E-state index contributed by atoms with van der Waals surface area (Å²) in [6, 6.07) is 13.4. The van der Waals surface area contributed by atoms with Crippen LogP contribution in [0.4, 0.5) is 3.89 Å². The number of hydrogen-bond acceptors (Lipinski definition) is 6. The lowest BCUT2D eigenvalue weighted by atomic mass is 10.1. The molecule has 0 aliphatic carbocycles. The molecular weight excluding hydrogens is 514 g/mol. The molecule has 0 bridgehead atoms.